The summed E-state index contributed by atoms with van der Waals surface area (Å²) in [7, 11) is 2.22. The number of hydrogen-bond acceptors (Lipinski definition) is 2. The van der Waals surface area contributed by atoms with Crippen molar-refractivity contribution in [3.63, 3.8) is 0 Å². The lowest BCUT2D eigenvalue weighted by Gasteiger charge is -2.40. The highest BCUT2D eigenvalue weighted by atomic mass is 28.3. The molecule has 2 nitrogen and oxygen atoms in total. The van der Waals surface area contributed by atoms with Crippen molar-refractivity contribution >= 4 is 9.28 Å². The summed E-state index contributed by atoms with van der Waals surface area (Å²) in [6.07, 6.45) is 9.37. The fourth-order valence-corrected chi connectivity index (χ4v) is 5.55. The van der Waals surface area contributed by atoms with Gasteiger partial charge >= 0.3 is 9.28 Å². The van der Waals surface area contributed by atoms with E-state index in [0.29, 0.717) is 5.04 Å². The summed E-state index contributed by atoms with van der Waals surface area (Å²) < 4.78 is 11.2. The first-order chi connectivity index (χ1) is 6.79. The van der Waals surface area contributed by atoms with E-state index in [0.717, 1.165) is 0 Å². The Kier molecular flexibility index (Phi) is 5.13. The molecular weight excluding hydrogens is 192 g/mol. The quantitative estimate of drug-likeness (QED) is 0.658. The molecule has 1 aliphatic carbocycles. The molecule has 0 aliphatic heterocycles. The first-order valence-corrected chi connectivity index (χ1v) is 7.36. The van der Waals surface area contributed by atoms with Gasteiger partial charge in [0.2, 0.25) is 0 Å². The van der Waals surface area contributed by atoms with Gasteiger partial charge in [-0.25, -0.2) is 0 Å². The second kappa shape index (κ2) is 5.88. The van der Waals surface area contributed by atoms with Crippen LogP contribution in [0.2, 0.25) is 5.04 Å². The lowest BCUT2D eigenvalue weighted by molar-refractivity contribution is 0.203. The molecule has 1 fully saturated rings. The summed E-state index contributed by atoms with van der Waals surface area (Å²) >= 11 is 0. The van der Waals surface area contributed by atoms with Crippen molar-refractivity contribution in [2.75, 3.05) is 14.2 Å². The Morgan fingerprint density at radius 1 is 1.07 bits per heavy atom. The Hall–Kier alpha value is 0.137. The molecule has 0 radical (unpaired) electrons. The zero-order valence-electron chi connectivity index (χ0n) is 9.84. The molecule has 3 heteroatoms. The van der Waals surface area contributed by atoms with Crippen LogP contribution in [0.5, 0.6) is 0 Å². The van der Waals surface area contributed by atoms with Gasteiger partial charge in [0.1, 0.15) is 0 Å². The summed E-state index contributed by atoms with van der Waals surface area (Å²) in [5.41, 5.74) is 0. The van der Waals surface area contributed by atoms with Crippen LogP contribution in [0.15, 0.2) is 0 Å². The number of hydrogen-bond donors (Lipinski definition) is 0. The first kappa shape index (κ1) is 12.2. The Morgan fingerprint density at radius 3 is 2.07 bits per heavy atom. The van der Waals surface area contributed by atoms with Crippen LogP contribution in [0.4, 0.5) is 0 Å². The van der Waals surface area contributed by atoms with E-state index in [1.165, 1.54) is 44.9 Å². The van der Waals surface area contributed by atoms with Gasteiger partial charge in [0.25, 0.3) is 0 Å². The largest absolute Gasteiger partial charge is 0.400 e. The lowest BCUT2D eigenvalue weighted by Crippen LogP contribution is -2.38. The van der Waals surface area contributed by atoms with Gasteiger partial charge in [0.05, 0.1) is 0 Å². The first-order valence-electron chi connectivity index (χ1n) is 5.84. The molecule has 0 heterocycles. The van der Waals surface area contributed by atoms with Crippen LogP contribution in [0.25, 0.3) is 0 Å². The summed E-state index contributed by atoms with van der Waals surface area (Å²) in [5.74, 6) is 0. The smallest absolute Gasteiger partial charge is 0.327 e. The SMILES string of the molecule is CCCC1([SiH](OC)OC)CCCCC1. The van der Waals surface area contributed by atoms with Gasteiger partial charge in [-0.1, -0.05) is 32.6 Å². The van der Waals surface area contributed by atoms with Crippen LogP contribution in [0.1, 0.15) is 51.9 Å². The Morgan fingerprint density at radius 2 is 1.64 bits per heavy atom. The van der Waals surface area contributed by atoms with Crippen LogP contribution in [0, 0.1) is 0 Å². The van der Waals surface area contributed by atoms with Gasteiger partial charge in [-0.3, -0.25) is 0 Å². The summed E-state index contributed by atoms with van der Waals surface area (Å²) in [6.45, 7) is 2.27. The summed E-state index contributed by atoms with van der Waals surface area (Å²) in [4.78, 5) is 0. The van der Waals surface area contributed by atoms with Crippen molar-refractivity contribution in [3.05, 3.63) is 0 Å². The fourth-order valence-electron chi connectivity index (χ4n) is 2.95. The average Bonchev–Trinajstić information content (AvgIpc) is 2.21. The van der Waals surface area contributed by atoms with Crippen LogP contribution < -0.4 is 0 Å². The molecule has 0 atom stereocenters. The molecule has 0 N–H and O–H groups in total. The van der Waals surface area contributed by atoms with Gasteiger partial charge in [-0.2, -0.15) is 0 Å². The van der Waals surface area contributed by atoms with E-state index >= 15 is 0 Å². The Labute approximate surface area is 89.8 Å². The molecule has 0 aromatic heterocycles. The normalized spacial score (nSPS) is 21.4. The molecule has 0 aromatic rings. The van der Waals surface area contributed by atoms with Crippen molar-refractivity contribution in [1.82, 2.24) is 0 Å². The minimum absolute atomic E-state index is 0.441. The van der Waals surface area contributed by atoms with Crippen LogP contribution >= 0.6 is 0 Å². The minimum Gasteiger partial charge on any atom is -0.400 e. The second-order valence-corrected chi connectivity index (χ2v) is 7.31. The van der Waals surface area contributed by atoms with E-state index in [1.54, 1.807) is 0 Å². The molecule has 84 valence electrons. The van der Waals surface area contributed by atoms with Crippen molar-refractivity contribution < 1.29 is 8.85 Å². The van der Waals surface area contributed by atoms with Crippen molar-refractivity contribution in [2.24, 2.45) is 0 Å². The zero-order chi connectivity index (χ0) is 10.4. The standard InChI is InChI=1S/C11H24O2Si/c1-4-8-11(14(12-2)13-3)9-6-5-7-10-11/h14H,4-10H2,1-3H3. The molecule has 1 aliphatic rings. The van der Waals surface area contributed by atoms with Gasteiger partial charge in [0, 0.05) is 19.3 Å². The topological polar surface area (TPSA) is 18.5 Å². The minimum atomic E-state index is -1.43. The van der Waals surface area contributed by atoms with Gasteiger partial charge < -0.3 is 8.85 Å². The highest BCUT2D eigenvalue weighted by Gasteiger charge is 2.41. The number of rotatable bonds is 5. The molecule has 0 bridgehead atoms. The van der Waals surface area contributed by atoms with E-state index < -0.39 is 9.28 Å². The van der Waals surface area contributed by atoms with Crippen molar-refractivity contribution in [3.8, 4) is 0 Å². The van der Waals surface area contributed by atoms with E-state index in [2.05, 4.69) is 6.92 Å². The third kappa shape index (κ3) is 2.58. The van der Waals surface area contributed by atoms with E-state index in [4.69, 9.17) is 8.85 Å². The fraction of sp³-hybridized carbons (Fsp3) is 1.00. The Balaban J connectivity index is 2.67. The maximum Gasteiger partial charge on any atom is 0.327 e. The molecule has 0 unspecified atom stereocenters. The van der Waals surface area contributed by atoms with Gasteiger partial charge in [-0.05, 0) is 19.3 Å². The molecule has 0 aromatic carbocycles. The molecular formula is C11H24O2Si. The van der Waals surface area contributed by atoms with E-state index in [9.17, 15) is 0 Å². The lowest BCUT2D eigenvalue weighted by atomic mass is 9.85. The molecule has 14 heavy (non-hydrogen) atoms. The van der Waals surface area contributed by atoms with Crippen LogP contribution in [-0.4, -0.2) is 23.5 Å². The average molecular weight is 216 g/mol. The maximum atomic E-state index is 5.61. The highest BCUT2D eigenvalue weighted by molar-refractivity contribution is 6.48. The third-order valence-corrected chi connectivity index (χ3v) is 6.25. The predicted octanol–water partition coefficient (Wildman–Crippen LogP) is 3.00. The predicted molar refractivity (Wildman–Crippen MR) is 61.9 cm³/mol. The molecule has 0 spiro atoms. The summed E-state index contributed by atoms with van der Waals surface area (Å²) in [6, 6.07) is 0. The van der Waals surface area contributed by atoms with Crippen LogP contribution in [-0.2, 0) is 8.85 Å². The van der Waals surface area contributed by atoms with Crippen molar-refractivity contribution in [2.45, 2.75) is 56.9 Å². The second-order valence-electron chi connectivity index (χ2n) is 4.48. The van der Waals surface area contributed by atoms with Crippen LogP contribution in [0.3, 0.4) is 0 Å². The maximum absolute atomic E-state index is 5.61. The third-order valence-electron chi connectivity index (χ3n) is 3.53. The molecule has 0 amide bonds. The molecule has 0 saturated heterocycles. The van der Waals surface area contributed by atoms with Crippen molar-refractivity contribution in [1.29, 1.82) is 0 Å². The summed E-state index contributed by atoms with van der Waals surface area (Å²) in [5, 5.41) is 0.441. The molecule has 1 saturated carbocycles. The van der Waals surface area contributed by atoms with Gasteiger partial charge in [0.15, 0.2) is 0 Å². The highest BCUT2D eigenvalue weighted by Crippen LogP contribution is 2.49. The van der Waals surface area contributed by atoms with Gasteiger partial charge in [-0.15, -0.1) is 0 Å². The monoisotopic (exact) mass is 216 g/mol. The Bertz CT molecular complexity index is 146. The van der Waals surface area contributed by atoms with E-state index in [1.807, 2.05) is 14.2 Å². The zero-order valence-corrected chi connectivity index (χ0v) is 11.0. The van der Waals surface area contributed by atoms with E-state index in [-0.39, 0.29) is 0 Å². The molecule has 1 rings (SSSR count).